The van der Waals surface area contributed by atoms with Crippen LogP contribution in [0.5, 0.6) is 0 Å². The first-order valence-corrected chi connectivity index (χ1v) is 9.99. The van der Waals surface area contributed by atoms with E-state index >= 15 is 0 Å². The number of nitrogens with zero attached hydrogens (tertiary/aromatic N) is 2. The van der Waals surface area contributed by atoms with E-state index < -0.39 is 9.84 Å². The highest BCUT2D eigenvalue weighted by Crippen LogP contribution is 2.24. The second-order valence-electron chi connectivity index (χ2n) is 5.92. The molecule has 2 rings (SSSR count). The van der Waals surface area contributed by atoms with Crippen molar-refractivity contribution >= 4 is 27.3 Å². The third-order valence-corrected chi connectivity index (χ3v) is 6.36. The monoisotopic (exact) mass is 374 g/mol. The number of carbonyl (C=O) groups excluding carboxylic acids is 1. The maximum absolute atomic E-state index is 12.8. The van der Waals surface area contributed by atoms with E-state index in [1.165, 1.54) is 18.2 Å². The Morgan fingerprint density at radius 3 is 2.67 bits per heavy atom. The minimum absolute atomic E-state index is 0.0293. The summed E-state index contributed by atoms with van der Waals surface area (Å²) < 4.78 is 24.1. The standard InChI is InChI=1S/C16H23ClN2O4S/c1-3-24(22,23)13-4-5-15(17)14(10-13)16(21)19-7-6-18(8-9-20)11-12(19)2/h4-5,10,12,20H,3,6-9,11H2,1-2H3. The lowest BCUT2D eigenvalue weighted by Gasteiger charge is -2.39. The quantitative estimate of drug-likeness (QED) is 0.839. The van der Waals surface area contributed by atoms with Crippen LogP contribution in [0.4, 0.5) is 0 Å². The van der Waals surface area contributed by atoms with Gasteiger partial charge in [0, 0.05) is 32.2 Å². The molecule has 0 spiro atoms. The first kappa shape index (κ1) is 19.2. The number of hydrogen-bond donors (Lipinski definition) is 1. The van der Waals surface area contributed by atoms with Gasteiger partial charge in [-0.05, 0) is 25.1 Å². The predicted molar refractivity (Wildman–Crippen MR) is 93.2 cm³/mol. The first-order chi connectivity index (χ1) is 11.3. The Hall–Kier alpha value is -1.15. The second kappa shape index (κ2) is 7.82. The molecular formula is C16H23ClN2O4S. The van der Waals surface area contributed by atoms with Crippen LogP contribution < -0.4 is 0 Å². The summed E-state index contributed by atoms with van der Waals surface area (Å²) in [6, 6.07) is 4.22. The van der Waals surface area contributed by atoms with E-state index in [-0.39, 0.29) is 39.8 Å². The maximum atomic E-state index is 12.8. The molecule has 0 saturated carbocycles. The fourth-order valence-electron chi connectivity index (χ4n) is 2.86. The van der Waals surface area contributed by atoms with Crippen molar-refractivity contribution < 1.29 is 18.3 Å². The molecule has 1 saturated heterocycles. The summed E-state index contributed by atoms with van der Waals surface area (Å²) in [6.45, 7) is 6.01. The summed E-state index contributed by atoms with van der Waals surface area (Å²) in [7, 11) is -3.40. The molecule has 1 unspecified atom stereocenters. The van der Waals surface area contributed by atoms with Crippen LogP contribution in [0.1, 0.15) is 24.2 Å². The second-order valence-corrected chi connectivity index (χ2v) is 8.60. The number of halogens is 1. The summed E-state index contributed by atoms with van der Waals surface area (Å²) in [4.78, 5) is 16.8. The fourth-order valence-corrected chi connectivity index (χ4v) is 3.97. The molecule has 1 aliphatic heterocycles. The molecule has 1 N–H and O–H groups in total. The van der Waals surface area contributed by atoms with Gasteiger partial charge in [0.25, 0.3) is 5.91 Å². The number of amides is 1. The van der Waals surface area contributed by atoms with E-state index in [9.17, 15) is 13.2 Å². The summed E-state index contributed by atoms with van der Waals surface area (Å²) in [5, 5.41) is 9.28. The molecule has 0 aromatic heterocycles. The van der Waals surface area contributed by atoms with E-state index in [4.69, 9.17) is 16.7 Å². The summed E-state index contributed by atoms with van der Waals surface area (Å²) in [6.07, 6.45) is 0. The van der Waals surface area contributed by atoms with Crippen molar-refractivity contribution in [3.63, 3.8) is 0 Å². The van der Waals surface area contributed by atoms with Crippen LogP contribution in [0.15, 0.2) is 23.1 Å². The van der Waals surface area contributed by atoms with Crippen molar-refractivity contribution in [3.8, 4) is 0 Å². The Bertz CT molecular complexity index is 708. The molecule has 1 heterocycles. The molecule has 1 amide bonds. The molecular weight excluding hydrogens is 352 g/mol. The van der Waals surface area contributed by atoms with E-state index in [2.05, 4.69) is 4.90 Å². The Balaban J connectivity index is 2.25. The highest BCUT2D eigenvalue weighted by molar-refractivity contribution is 7.91. The smallest absolute Gasteiger partial charge is 0.255 e. The van der Waals surface area contributed by atoms with Crippen molar-refractivity contribution in [1.29, 1.82) is 0 Å². The van der Waals surface area contributed by atoms with Crippen molar-refractivity contribution in [2.24, 2.45) is 0 Å². The molecule has 1 fully saturated rings. The largest absolute Gasteiger partial charge is 0.395 e. The minimum Gasteiger partial charge on any atom is -0.395 e. The number of piperazine rings is 1. The topological polar surface area (TPSA) is 77.9 Å². The molecule has 1 atom stereocenters. The van der Waals surface area contributed by atoms with Crippen molar-refractivity contribution in [2.45, 2.75) is 24.8 Å². The predicted octanol–water partition coefficient (Wildman–Crippen LogP) is 1.27. The van der Waals surface area contributed by atoms with Gasteiger partial charge in [-0.15, -0.1) is 0 Å². The third-order valence-electron chi connectivity index (χ3n) is 4.30. The van der Waals surface area contributed by atoms with Gasteiger partial charge in [0.2, 0.25) is 0 Å². The van der Waals surface area contributed by atoms with Crippen LogP contribution in [0.3, 0.4) is 0 Å². The van der Waals surface area contributed by atoms with Crippen LogP contribution >= 0.6 is 11.6 Å². The lowest BCUT2D eigenvalue weighted by atomic mass is 10.1. The highest BCUT2D eigenvalue weighted by Gasteiger charge is 2.29. The van der Waals surface area contributed by atoms with E-state index in [0.717, 1.165) is 0 Å². The molecule has 1 aromatic rings. The molecule has 24 heavy (non-hydrogen) atoms. The van der Waals surface area contributed by atoms with Crippen LogP contribution in [-0.2, 0) is 9.84 Å². The Labute approximate surface area is 147 Å². The Morgan fingerprint density at radius 1 is 1.38 bits per heavy atom. The van der Waals surface area contributed by atoms with Gasteiger partial charge in [-0.2, -0.15) is 0 Å². The van der Waals surface area contributed by atoms with Crippen LogP contribution in [0.2, 0.25) is 5.02 Å². The number of hydrogen-bond acceptors (Lipinski definition) is 5. The molecule has 6 nitrogen and oxygen atoms in total. The minimum atomic E-state index is -3.40. The van der Waals surface area contributed by atoms with E-state index in [1.54, 1.807) is 11.8 Å². The van der Waals surface area contributed by atoms with Gasteiger partial charge in [0.05, 0.1) is 27.8 Å². The van der Waals surface area contributed by atoms with E-state index in [1.807, 2.05) is 6.92 Å². The Kier molecular flexibility index (Phi) is 6.25. The number of sulfone groups is 1. The third kappa shape index (κ3) is 4.08. The number of carbonyl (C=O) groups is 1. The van der Waals surface area contributed by atoms with Gasteiger partial charge >= 0.3 is 0 Å². The highest BCUT2D eigenvalue weighted by atomic mass is 35.5. The van der Waals surface area contributed by atoms with Gasteiger partial charge in [0.15, 0.2) is 9.84 Å². The average Bonchev–Trinajstić information content (AvgIpc) is 2.55. The van der Waals surface area contributed by atoms with Gasteiger partial charge in [-0.25, -0.2) is 8.42 Å². The number of aliphatic hydroxyl groups is 1. The van der Waals surface area contributed by atoms with Gasteiger partial charge in [-0.1, -0.05) is 18.5 Å². The molecule has 0 radical (unpaired) electrons. The molecule has 1 aliphatic rings. The number of benzene rings is 1. The van der Waals surface area contributed by atoms with Crippen LogP contribution in [0.25, 0.3) is 0 Å². The summed E-state index contributed by atoms with van der Waals surface area (Å²) in [5.74, 6) is -0.289. The van der Waals surface area contributed by atoms with Crippen molar-refractivity contribution in [3.05, 3.63) is 28.8 Å². The lowest BCUT2D eigenvalue weighted by molar-refractivity contribution is 0.0458. The zero-order chi connectivity index (χ0) is 17.9. The number of aliphatic hydroxyl groups excluding tert-OH is 1. The average molecular weight is 375 g/mol. The zero-order valence-corrected chi connectivity index (χ0v) is 15.5. The molecule has 1 aromatic carbocycles. The number of rotatable bonds is 5. The lowest BCUT2D eigenvalue weighted by Crippen LogP contribution is -2.54. The zero-order valence-electron chi connectivity index (χ0n) is 13.9. The van der Waals surface area contributed by atoms with Crippen LogP contribution in [0, 0.1) is 0 Å². The molecule has 8 heteroatoms. The normalized spacial score (nSPS) is 19.5. The SMILES string of the molecule is CCS(=O)(=O)c1ccc(Cl)c(C(=O)N2CCN(CCO)CC2C)c1. The maximum Gasteiger partial charge on any atom is 0.255 e. The molecule has 134 valence electrons. The fraction of sp³-hybridized carbons (Fsp3) is 0.562. The molecule has 0 bridgehead atoms. The van der Waals surface area contributed by atoms with Crippen molar-refractivity contribution in [2.75, 3.05) is 38.5 Å². The van der Waals surface area contributed by atoms with Gasteiger partial charge in [0.1, 0.15) is 0 Å². The number of β-amino-alcohol motifs (C(OH)–C–C–N with tert-alkyl or cyclic N) is 1. The van der Waals surface area contributed by atoms with Gasteiger partial charge < -0.3 is 10.0 Å². The summed E-state index contributed by atoms with van der Waals surface area (Å²) in [5.41, 5.74) is 0.216. The van der Waals surface area contributed by atoms with Crippen molar-refractivity contribution in [1.82, 2.24) is 9.80 Å². The summed E-state index contributed by atoms with van der Waals surface area (Å²) >= 11 is 6.14. The first-order valence-electron chi connectivity index (χ1n) is 7.96. The van der Waals surface area contributed by atoms with E-state index in [0.29, 0.717) is 26.2 Å². The van der Waals surface area contributed by atoms with Crippen LogP contribution in [-0.4, -0.2) is 73.8 Å². The Morgan fingerprint density at radius 2 is 2.08 bits per heavy atom. The van der Waals surface area contributed by atoms with Gasteiger partial charge in [-0.3, -0.25) is 9.69 Å². The molecule has 0 aliphatic carbocycles.